The second kappa shape index (κ2) is 3.18. The van der Waals surface area contributed by atoms with Crippen LogP contribution >= 0.6 is 27.7 Å². The number of hydrogen-bond donors (Lipinski definition) is 0. The lowest BCUT2D eigenvalue weighted by Crippen LogP contribution is -1.86. The summed E-state index contributed by atoms with van der Waals surface area (Å²) in [5.41, 5.74) is 0. The summed E-state index contributed by atoms with van der Waals surface area (Å²) >= 11 is 5.08. The molecule has 12 heavy (non-hydrogen) atoms. The van der Waals surface area contributed by atoms with Crippen LogP contribution in [-0.4, -0.2) is 13.0 Å². The normalized spacial score (nSPS) is 13.8. The fourth-order valence-electron chi connectivity index (χ4n) is 1.05. The van der Waals surface area contributed by atoms with Crippen molar-refractivity contribution >= 4 is 27.7 Å². The zero-order valence-corrected chi connectivity index (χ0v) is 8.87. The maximum absolute atomic E-state index is 5.36. The average Bonchev–Trinajstić information content (AvgIpc) is 2.49. The highest BCUT2D eigenvalue weighted by molar-refractivity contribution is 9.10. The van der Waals surface area contributed by atoms with Crippen LogP contribution in [0.4, 0.5) is 0 Å². The molecule has 0 bridgehead atoms. The van der Waals surface area contributed by atoms with Gasteiger partial charge in [0.2, 0.25) is 0 Å². The molecule has 0 aliphatic carbocycles. The van der Waals surface area contributed by atoms with Gasteiger partial charge in [0, 0.05) is 0 Å². The molecule has 1 aromatic carbocycles. The minimum Gasteiger partial charge on any atom is -0.496 e. The number of halogens is 1. The van der Waals surface area contributed by atoms with Crippen LogP contribution in [0, 0.1) is 0 Å². The van der Waals surface area contributed by atoms with Gasteiger partial charge in [0.25, 0.3) is 0 Å². The van der Waals surface area contributed by atoms with Crippen molar-refractivity contribution in [1.82, 2.24) is 0 Å². The molecular weight excluding hydrogens is 240 g/mol. The first-order valence-corrected chi connectivity index (χ1v) is 5.22. The van der Waals surface area contributed by atoms with Crippen molar-refractivity contribution in [3.05, 3.63) is 16.6 Å². The Hall–Kier alpha value is -0.350. The van der Waals surface area contributed by atoms with E-state index >= 15 is 0 Å². The van der Waals surface area contributed by atoms with Gasteiger partial charge in [-0.2, -0.15) is 0 Å². The first-order valence-electron chi connectivity index (χ1n) is 3.44. The fourth-order valence-corrected chi connectivity index (χ4v) is 2.30. The van der Waals surface area contributed by atoms with Gasteiger partial charge in [-0.25, -0.2) is 0 Å². The molecule has 1 aromatic rings. The minimum absolute atomic E-state index is 0.703. The molecule has 0 amide bonds. The van der Waals surface area contributed by atoms with E-state index in [9.17, 15) is 0 Å². The van der Waals surface area contributed by atoms with E-state index in [0.717, 1.165) is 20.9 Å². The van der Waals surface area contributed by atoms with Gasteiger partial charge in [0.1, 0.15) is 17.4 Å². The van der Waals surface area contributed by atoms with Gasteiger partial charge in [-0.1, -0.05) is 11.8 Å². The largest absolute Gasteiger partial charge is 0.496 e. The summed E-state index contributed by atoms with van der Waals surface area (Å²) in [7, 11) is 1.66. The van der Waals surface area contributed by atoms with Crippen molar-refractivity contribution in [3.63, 3.8) is 0 Å². The highest BCUT2D eigenvalue weighted by Crippen LogP contribution is 2.42. The van der Waals surface area contributed by atoms with Gasteiger partial charge in [0.15, 0.2) is 0 Å². The minimum atomic E-state index is 0.703. The van der Waals surface area contributed by atoms with Gasteiger partial charge in [-0.3, -0.25) is 0 Å². The number of thioether (sulfide) groups is 1. The molecule has 1 heterocycles. The molecule has 0 radical (unpaired) electrons. The van der Waals surface area contributed by atoms with Crippen LogP contribution in [0.3, 0.4) is 0 Å². The molecular formula is C8H7BrO2S. The van der Waals surface area contributed by atoms with E-state index in [1.807, 2.05) is 12.1 Å². The molecule has 2 rings (SSSR count). The van der Waals surface area contributed by atoms with Crippen molar-refractivity contribution in [3.8, 4) is 11.5 Å². The monoisotopic (exact) mass is 246 g/mol. The SMILES string of the molecule is COc1cc2c(cc1Br)OCS2. The molecule has 4 heteroatoms. The standard InChI is InChI=1S/C8H7BrO2S/c1-10-6-3-8-7(2-5(6)9)11-4-12-8/h2-3H,4H2,1H3. The van der Waals surface area contributed by atoms with E-state index in [4.69, 9.17) is 9.47 Å². The van der Waals surface area contributed by atoms with Crippen molar-refractivity contribution in [1.29, 1.82) is 0 Å². The Labute approximate surface area is 83.4 Å². The third kappa shape index (κ3) is 1.29. The van der Waals surface area contributed by atoms with E-state index in [-0.39, 0.29) is 0 Å². The van der Waals surface area contributed by atoms with Crippen molar-refractivity contribution in [2.24, 2.45) is 0 Å². The highest BCUT2D eigenvalue weighted by atomic mass is 79.9. The fraction of sp³-hybridized carbons (Fsp3) is 0.250. The molecule has 0 aromatic heterocycles. The maximum atomic E-state index is 5.36. The molecule has 0 spiro atoms. The highest BCUT2D eigenvalue weighted by Gasteiger charge is 2.15. The second-order valence-electron chi connectivity index (χ2n) is 2.34. The second-order valence-corrected chi connectivity index (χ2v) is 4.16. The first kappa shape index (κ1) is 8.26. The third-order valence-corrected chi connectivity index (χ3v) is 3.13. The van der Waals surface area contributed by atoms with E-state index < -0.39 is 0 Å². The average molecular weight is 247 g/mol. The molecule has 0 N–H and O–H groups in total. The topological polar surface area (TPSA) is 18.5 Å². The lowest BCUT2D eigenvalue weighted by Gasteiger charge is -2.04. The van der Waals surface area contributed by atoms with Crippen LogP contribution in [0.1, 0.15) is 0 Å². The lowest BCUT2D eigenvalue weighted by molar-refractivity contribution is 0.389. The Balaban J connectivity index is 2.49. The van der Waals surface area contributed by atoms with Gasteiger partial charge >= 0.3 is 0 Å². The smallest absolute Gasteiger partial charge is 0.138 e. The lowest BCUT2D eigenvalue weighted by atomic mass is 10.3. The van der Waals surface area contributed by atoms with Gasteiger partial charge < -0.3 is 9.47 Å². The van der Waals surface area contributed by atoms with Crippen molar-refractivity contribution in [2.75, 3.05) is 13.0 Å². The molecule has 2 nitrogen and oxygen atoms in total. The van der Waals surface area contributed by atoms with Crippen molar-refractivity contribution in [2.45, 2.75) is 4.90 Å². The summed E-state index contributed by atoms with van der Waals surface area (Å²) < 4.78 is 11.4. The molecule has 0 saturated heterocycles. The Bertz CT molecular complexity index is 313. The zero-order chi connectivity index (χ0) is 8.55. The Morgan fingerprint density at radius 2 is 2.42 bits per heavy atom. The summed E-state index contributed by atoms with van der Waals surface area (Å²) in [6.07, 6.45) is 0. The van der Waals surface area contributed by atoms with Crippen LogP contribution in [0.25, 0.3) is 0 Å². The predicted molar refractivity (Wildman–Crippen MR) is 52.0 cm³/mol. The van der Waals surface area contributed by atoms with E-state index in [2.05, 4.69) is 15.9 Å². The van der Waals surface area contributed by atoms with Gasteiger partial charge in [0.05, 0.1) is 16.5 Å². The zero-order valence-electron chi connectivity index (χ0n) is 6.46. The number of ether oxygens (including phenoxy) is 2. The summed E-state index contributed by atoms with van der Waals surface area (Å²) in [6.45, 7) is 0. The van der Waals surface area contributed by atoms with Gasteiger partial charge in [-0.15, -0.1) is 0 Å². The molecule has 1 aliphatic heterocycles. The summed E-state index contributed by atoms with van der Waals surface area (Å²) in [6, 6.07) is 3.92. The first-order chi connectivity index (χ1) is 5.81. The van der Waals surface area contributed by atoms with Crippen LogP contribution in [0.5, 0.6) is 11.5 Å². The molecule has 0 unspecified atom stereocenters. The molecule has 0 fully saturated rings. The number of fused-ring (bicyclic) bond motifs is 1. The number of rotatable bonds is 1. The summed E-state index contributed by atoms with van der Waals surface area (Å²) in [5.74, 6) is 2.49. The number of hydrogen-bond acceptors (Lipinski definition) is 3. The summed E-state index contributed by atoms with van der Waals surface area (Å²) in [4.78, 5) is 1.15. The van der Waals surface area contributed by atoms with E-state index in [0.29, 0.717) is 5.94 Å². The number of methoxy groups -OCH3 is 1. The molecule has 0 saturated carbocycles. The van der Waals surface area contributed by atoms with E-state index in [1.54, 1.807) is 18.9 Å². The van der Waals surface area contributed by atoms with Gasteiger partial charge in [-0.05, 0) is 28.1 Å². The maximum Gasteiger partial charge on any atom is 0.138 e. The Morgan fingerprint density at radius 3 is 3.17 bits per heavy atom. The molecule has 1 aliphatic rings. The van der Waals surface area contributed by atoms with Crippen LogP contribution < -0.4 is 9.47 Å². The predicted octanol–water partition coefficient (Wildman–Crippen LogP) is 2.90. The molecule has 0 atom stereocenters. The molecule has 64 valence electrons. The van der Waals surface area contributed by atoms with Crippen LogP contribution in [-0.2, 0) is 0 Å². The van der Waals surface area contributed by atoms with Crippen LogP contribution in [0.2, 0.25) is 0 Å². The quantitative estimate of drug-likeness (QED) is 0.760. The summed E-state index contributed by atoms with van der Waals surface area (Å²) in [5, 5.41) is 0. The number of benzene rings is 1. The third-order valence-electron chi connectivity index (χ3n) is 1.65. The van der Waals surface area contributed by atoms with Crippen LogP contribution in [0.15, 0.2) is 21.5 Å². The van der Waals surface area contributed by atoms with E-state index in [1.165, 1.54) is 0 Å². The Morgan fingerprint density at radius 1 is 1.58 bits per heavy atom. The van der Waals surface area contributed by atoms with Crippen molar-refractivity contribution < 1.29 is 9.47 Å². The Kier molecular flexibility index (Phi) is 2.19.